The molecule has 122 valence electrons. The van der Waals surface area contributed by atoms with Crippen molar-refractivity contribution in [2.24, 2.45) is 0 Å². The molecule has 2 saturated heterocycles. The number of benzene rings is 1. The summed E-state index contributed by atoms with van der Waals surface area (Å²) in [5, 5.41) is 6.73. The topological polar surface area (TPSA) is 67.2 Å². The Balaban J connectivity index is 0.00000156. The van der Waals surface area contributed by atoms with E-state index in [0.717, 1.165) is 27.4 Å². The first-order valence-corrected chi connectivity index (χ1v) is 8.54. The molecule has 3 heterocycles. The van der Waals surface area contributed by atoms with Gasteiger partial charge in [0.15, 0.2) is 0 Å². The van der Waals surface area contributed by atoms with Crippen LogP contribution in [0.5, 0.6) is 0 Å². The molecule has 3 atom stereocenters. The minimum absolute atomic E-state index is 0. The number of hydrogen-bond donors (Lipinski definition) is 3. The van der Waals surface area contributed by atoms with E-state index < -0.39 is 0 Å². The van der Waals surface area contributed by atoms with Crippen molar-refractivity contribution in [2.45, 2.75) is 37.4 Å². The van der Waals surface area contributed by atoms with E-state index in [0.29, 0.717) is 12.1 Å². The maximum Gasteiger partial charge on any atom is 0.261 e. The number of halogens is 1. The third-order valence-electron chi connectivity index (χ3n) is 4.67. The van der Waals surface area contributed by atoms with E-state index in [9.17, 15) is 4.79 Å². The number of fused-ring (bicyclic) bond motifs is 2. The third kappa shape index (κ3) is 3.09. The van der Waals surface area contributed by atoms with Gasteiger partial charge >= 0.3 is 0 Å². The Morgan fingerprint density at radius 2 is 2.04 bits per heavy atom. The van der Waals surface area contributed by atoms with E-state index in [1.54, 1.807) is 0 Å². The van der Waals surface area contributed by atoms with Gasteiger partial charge in [-0.2, -0.15) is 0 Å². The Kier molecular flexibility index (Phi) is 4.62. The molecule has 2 aromatic rings. The summed E-state index contributed by atoms with van der Waals surface area (Å²) in [7, 11) is 0. The molecule has 6 heteroatoms. The van der Waals surface area contributed by atoms with Crippen molar-refractivity contribution in [3.63, 3.8) is 0 Å². The fourth-order valence-electron chi connectivity index (χ4n) is 3.55. The van der Waals surface area contributed by atoms with Gasteiger partial charge in [-0.1, -0.05) is 18.2 Å². The van der Waals surface area contributed by atoms with Gasteiger partial charge in [-0.3, -0.25) is 4.79 Å². The monoisotopic (exact) mass is 349 g/mol. The van der Waals surface area contributed by atoms with Crippen molar-refractivity contribution in [2.75, 3.05) is 5.73 Å². The average molecular weight is 350 g/mol. The second-order valence-electron chi connectivity index (χ2n) is 6.11. The number of carbonyl (C=O) groups is 1. The molecule has 4 nitrogen and oxygen atoms in total. The van der Waals surface area contributed by atoms with E-state index in [-0.39, 0.29) is 24.4 Å². The Bertz CT molecular complexity index is 717. The summed E-state index contributed by atoms with van der Waals surface area (Å²) >= 11 is 1.50. The van der Waals surface area contributed by atoms with E-state index in [2.05, 4.69) is 10.6 Å². The number of para-hydroxylation sites is 1. The SMILES string of the molecule is Cl.Nc1ccccc1-c1ccc(C(=O)N[C@@H]2CC3CCC2N3)s1. The molecule has 0 saturated carbocycles. The lowest BCUT2D eigenvalue weighted by molar-refractivity contribution is 0.0935. The first-order chi connectivity index (χ1) is 10.7. The van der Waals surface area contributed by atoms with Crippen LogP contribution >= 0.6 is 23.7 Å². The lowest BCUT2D eigenvalue weighted by Gasteiger charge is -2.20. The van der Waals surface area contributed by atoms with Crippen LogP contribution in [0.1, 0.15) is 28.9 Å². The van der Waals surface area contributed by atoms with E-state index in [4.69, 9.17) is 5.73 Å². The lowest BCUT2D eigenvalue weighted by Crippen LogP contribution is -2.42. The number of anilines is 1. The molecular weight excluding hydrogens is 330 g/mol. The zero-order valence-electron chi connectivity index (χ0n) is 12.6. The molecular formula is C17H20ClN3OS. The number of amides is 1. The van der Waals surface area contributed by atoms with Gasteiger partial charge in [-0.15, -0.1) is 23.7 Å². The van der Waals surface area contributed by atoms with Crippen molar-refractivity contribution in [1.82, 2.24) is 10.6 Å². The van der Waals surface area contributed by atoms with Crippen molar-refractivity contribution in [3.8, 4) is 10.4 Å². The summed E-state index contributed by atoms with van der Waals surface area (Å²) in [5.74, 6) is 0.0325. The van der Waals surface area contributed by atoms with Gasteiger partial charge in [-0.25, -0.2) is 0 Å². The van der Waals surface area contributed by atoms with Crippen LogP contribution in [0.2, 0.25) is 0 Å². The molecule has 4 N–H and O–H groups in total. The number of rotatable bonds is 3. The zero-order valence-corrected chi connectivity index (χ0v) is 14.3. The Labute approximate surface area is 145 Å². The molecule has 1 aromatic heterocycles. The third-order valence-corrected chi connectivity index (χ3v) is 5.79. The summed E-state index contributed by atoms with van der Waals surface area (Å²) in [5.41, 5.74) is 7.75. The highest BCUT2D eigenvalue weighted by Gasteiger charge is 2.39. The predicted octanol–water partition coefficient (Wildman–Crippen LogP) is 3.04. The number of carbonyl (C=O) groups excluding carboxylic acids is 1. The number of nitrogen functional groups attached to an aromatic ring is 1. The number of thiophene rings is 1. The van der Waals surface area contributed by atoms with E-state index >= 15 is 0 Å². The van der Waals surface area contributed by atoms with Gasteiger partial charge in [0.05, 0.1) is 4.88 Å². The Morgan fingerprint density at radius 1 is 1.22 bits per heavy atom. The maximum absolute atomic E-state index is 12.4. The molecule has 2 fully saturated rings. The first kappa shape index (κ1) is 16.3. The van der Waals surface area contributed by atoms with Gasteiger partial charge in [0.2, 0.25) is 0 Å². The number of nitrogens with one attached hydrogen (secondary N) is 2. The van der Waals surface area contributed by atoms with Gasteiger partial charge in [0.25, 0.3) is 5.91 Å². The summed E-state index contributed by atoms with van der Waals surface area (Å²) < 4.78 is 0. The van der Waals surface area contributed by atoms with E-state index in [1.165, 1.54) is 24.2 Å². The molecule has 1 aromatic carbocycles. The summed E-state index contributed by atoms with van der Waals surface area (Å²) in [6, 6.07) is 13.0. The summed E-state index contributed by atoms with van der Waals surface area (Å²) in [6.07, 6.45) is 3.47. The fraction of sp³-hybridized carbons (Fsp3) is 0.353. The van der Waals surface area contributed by atoms with Gasteiger partial charge in [-0.05, 0) is 37.5 Å². The average Bonchev–Trinajstić information content (AvgIpc) is 3.24. The number of hydrogen-bond acceptors (Lipinski definition) is 4. The minimum atomic E-state index is 0. The smallest absolute Gasteiger partial charge is 0.261 e. The quantitative estimate of drug-likeness (QED) is 0.746. The van der Waals surface area contributed by atoms with Gasteiger partial charge in [0.1, 0.15) is 0 Å². The standard InChI is InChI=1S/C17H19N3OS.ClH/c18-12-4-2-1-3-11(12)15-7-8-16(22-15)17(21)20-14-9-10-5-6-13(14)19-10;/h1-4,7-8,10,13-14,19H,5-6,9,18H2,(H,20,21);1H/t10?,13?,14-;/m1./s1. The van der Waals surface area contributed by atoms with Crippen molar-refractivity contribution in [3.05, 3.63) is 41.3 Å². The first-order valence-electron chi connectivity index (χ1n) is 7.72. The zero-order chi connectivity index (χ0) is 15.1. The fourth-order valence-corrected chi connectivity index (χ4v) is 4.51. The van der Waals surface area contributed by atoms with Gasteiger partial charge < -0.3 is 16.4 Å². The van der Waals surface area contributed by atoms with Crippen LogP contribution in [-0.4, -0.2) is 24.0 Å². The van der Waals surface area contributed by atoms with E-state index in [1.807, 2.05) is 36.4 Å². The van der Waals surface area contributed by atoms with Crippen LogP contribution in [0.3, 0.4) is 0 Å². The minimum Gasteiger partial charge on any atom is -0.398 e. The highest BCUT2D eigenvalue weighted by molar-refractivity contribution is 7.17. The molecule has 0 radical (unpaired) electrons. The molecule has 2 aliphatic heterocycles. The van der Waals surface area contributed by atoms with Crippen molar-refractivity contribution < 1.29 is 4.79 Å². The maximum atomic E-state index is 12.4. The van der Waals surface area contributed by atoms with Crippen LogP contribution in [0.4, 0.5) is 5.69 Å². The summed E-state index contributed by atoms with van der Waals surface area (Å²) in [6.45, 7) is 0. The molecule has 2 aliphatic rings. The largest absolute Gasteiger partial charge is 0.398 e. The Hall–Kier alpha value is -1.56. The molecule has 0 aliphatic carbocycles. The second kappa shape index (κ2) is 6.51. The van der Waals surface area contributed by atoms with Crippen LogP contribution in [-0.2, 0) is 0 Å². The van der Waals surface area contributed by atoms with Crippen molar-refractivity contribution >= 4 is 35.3 Å². The van der Waals surface area contributed by atoms with Gasteiger partial charge in [0, 0.05) is 34.3 Å². The molecule has 1 amide bonds. The lowest BCUT2D eigenvalue weighted by atomic mass is 9.95. The van der Waals surface area contributed by atoms with Crippen LogP contribution in [0.25, 0.3) is 10.4 Å². The van der Waals surface area contributed by atoms with Crippen LogP contribution < -0.4 is 16.4 Å². The highest BCUT2D eigenvalue weighted by Crippen LogP contribution is 2.33. The molecule has 2 unspecified atom stereocenters. The van der Waals surface area contributed by atoms with Crippen molar-refractivity contribution in [1.29, 1.82) is 0 Å². The molecule has 23 heavy (non-hydrogen) atoms. The second-order valence-corrected chi connectivity index (χ2v) is 7.20. The summed E-state index contributed by atoms with van der Waals surface area (Å²) in [4.78, 5) is 14.2. The van der Waals surface area contributed by atoms with Crippen LogP contribution in [0.15, 0.2) is 36.4 Å². The van der Waals surface area contributed by atoms with Crippen LogP contribution in [0, 0.1) is 0 Å². The highest BCUT2D eigenvalue weighted by atomic mass is 35.5. The molecule has 2 bridgehead atoms. The Morgan fingerprint density at radius 3 is 2.74 bits per heavy atom. The normalized spacial score (nSPS) is 25.1. The molecule has 4 rings (SSSR count). The predicted molar refractivity (Wildman–Crippen MR) is 97.2 cm³/mol. The number of nitrogens with two attached hydrogens (primary N) is 1. The molecule has 0 spiro atoms.